The third-order valence-corrected chi connectivity index (χ3v) is 2.75. The molecule has 1 saturated heterocycles. The third kappa shape index (κ3) is 4.70. The van der Waals surface area contributed by atoms with Gasteiger partial charge in [0, 0.05) is 32.5 Å². The van der Waals surface area contributed by atoms with Crippen molar-refractivity contribution in [1.82, 2.24) is 16.0 Å². The molecule has 1 amide bonds. The molecule has 1 heterocycles. The molecule has 3 N–H and O–H groups in total. The maximum Gasteiger partial charge on any atom is 0.407 e. The monoisotopic (exact) mass is 243 g/mol. The van der Waals surface area contributed by atoms with Gasteiger partial charge < -0.3 is 20.7 Å². The summed E-state index contributed by atoms with van der Waals surface area (Å²) in [5.41, 5.74) is 0. The van der Waals surface area contributed by atoms with E-state index in [1.165, 1.54) is 0 Å². The van der Waals surface area contributed by atoms with E-state index in [9.17, 15) is 9.59 Å². The van der Waals surface area contributed by atoms with Gasteiger partial charge in [0.25, 0.3) is 0 Å². The van der Waals surface area contributed by atoms with Crippen LogP contribution in [0.4, 0.5) is 4.79 Å². The number of nitrogens with one attached hydrogen (secondary N) is 3. The number of amides is 1. The van der Waals surface area contributed by atoms with Gasteiger partial charge in [0.2, 0.25) is 0 Å². The fourth-order valence-electron chi connectivity index (χ4n) is 1.77. The van der Waals surface area contributed by atoms with Crippen LogP contribution in [0.5, 0.6) is 0 Å². The number of hydrogen-bond acceptors (Lipinski definition) is 5. The summed E-state index contributed by atoms with van der Waals surface area (Å²) in [5.74, 6) is 0.173. The number of carbonyl (C=O) groups excluding carboxylic acids is 2. The van der Waals surface area contributed by atoms with Crippen molar-refractivity contribution in [2.75, 3.05) is 26.7 Å². The van der Waals surface area contributed by atoms with Crippen molar-refractivity contribution in [3.05, 3.63) is 0 Å². The average molecular weight is 243 g/mol. The zero-order valence-electron chi connectivity index (χ0n) is 10.4. The van der Waals surface area contributed by atoms with E-state index in [0.29, 0.717) is 32.5 Å². The van der Waals surface area contributed by atoms with Gasteiger partial charge in [-0.25, -0.2) is 4.79 Å². The number of carbonyl (C=O) groups is 2. The van der Waals surface area contributed by atoms with Crippen molar-refractivity contribution >= 4 is 11.9 Å². The van der Waals surface area contributed by atoms with Crippen LogP contribution in [0, 0.1) is 0 Å². The van der Waals surface area contributed by atoms with E-state index in [-0.39, 0.29) is 17.9 Å². The second-order valence-electron chi connectivity index (χ2n) is 4.07. The summed E-state index contributed by atoms with van der Waals surface area (Å²) >= 11 is 0. The van der Waals surface area contributed by atoms with E-state index in [1.807, 2.05) is 14.0 Å². The molecule has 6 heteroatoms. The zero-order chi connectivity index (χ0) is 12.7. The van der Waals surface area contributed by atoms with Crippen LogP contribution in [0.1, 0.15) is 19.8 Å². The van der Waals surface area contributed by atoms with Gasteiger partial charge in [0.05, 0.1) is 6.04 Å². The van der Waals surface area contributed by atoms with Crippen LogP contribution in [-0.2, 0) is 9.53 Å². The van der Waals surface area contributed by atoms with E-state index < -0.39 is 6.09 Å². The van der Waals surface area contributed by atoms with Crippen LogP contribution in [0.25, 0.3) is 0 Å². The normalized spacial score (nSPS) is 23.4. The molecule has 98 valence electrons. The first-order chi connectivity index (χ1) is 8.17. The summed E-state index contributed by atoms with van der Waals surface area (Å²) in [4.78, 5) is 22.8. The van der Waals surface area contributed by atoms with E-state index in [0.717, 1.165) is 0 Å². The van der Waals surface area contributed by atoms with Crippen molar-refractivity contribution in [1.29, 1.82) is 0 Å². The van der Waals surface area contributed by atoms with Gasteiger partial charge in [-0.15, -0.1) is 0 Å². The van der Waals surface area contributed by atoms with E-state index in [1.54, 1.807) is 0 Å². The molecule has 17 heavy (non-hydrogen) atoms. The highest BCUT2D eigenvalue weighted by atomic mass is 16.6. The molecule has 0 radical (unpaired) electrons. The minimum absolute atomic E-state index is 0.157. The van der Waals surface area contributed by atoms with Crippen LogP contribution in [0.15, 0.2) is 0 Å². The van der Waals surface area contributed by atoms with Crippen LogP contribution in [-0.4, -0.2) is 50.7 Å². The fraction of sp³-hybridized carbons (Fsp3) is 0.818. The highest BCUT2D eigenvalue weighted by Gasteiger charge is 2.30. The van der Waals surface area contributed by atoms with Crippen LogP contribution in [0.2, 0.25) is 0 Å². The number of Topliss-reactive ketones (excluding diaryl/α,β-unsaturated/α-hetero) is 1. The lowest BCUT2D eigenvalue weighted by Gasteiger charge is -2.12. The van der Waals surface area contributed by atoms with Crippen molar-refractivity contribution in [2.24, 2.45) is 0 Å². The van der Waals surface area contributed by atoms with Gasteiger partial charge in [-0.3, -0.25) is 4.79 Å². The lowest BCUT2D eigenvalue weighted by Crippen LogP contribution is -2.34. The van der Waals surface area contributed by atoms with Crippen LogP contribution >= 0.6 is 0 Å². The SMILES string of the molecule is CCC(=O)[C@@H]1C[C@@H](OC(=O)NCCNC)CN1. The Labute approximate surface area is 101 Å². The summed E-state index contributed by atoms with van der Waals surface area (Å²) in [6.45, 7) is 3.63. The molecule has 0 aromatic heterocycles. The standard InChI is InChI=1S/C11H21N3O3/c1-3-10(15)9-6-8(7-14-9)17-11(16)13-5-4-12-2/h8-9,12,14H,3-7H2,1-2H3,(H,13,16)/t8-,9+/m1/s1. The quantitative estimate of drug-likeness (QED) is 0.555. The Morgan fingerprint density at radius 2 is 2.18 bits per heavy atom. The fourth-order valence-corrected chi connectivity index (χ4v) is 1.77. The Hall–Kier alpha value is -1.14. The molecule has 0 saturated carbocycles. The zero-order valence-corrected chi connectivity index (χ0v) is 10.4. The van der Waals surface area contributed by atoms with Gasteiger partial charge in [-0.05, 0) is 7.05 Å². The minimum atomic E-state index is -0.420. The van der Waals surface area contributed by atoms with Gasteiger partial charge in [0.1, 0.15) is 11.9 Å². The second-order valence-corrected chi connectivity index (χ2v) is 4.07. The predicted octanol–water partition coefficient (Wildman–Crippen LogP) is -0.358. The maximum atomic E-state index is 11.4. The largest absolute Gasteiger partial charge is 0.445 e. The first kappa shape index (κ1) is 13.9. The predicted molar refractivity (Wildman–Crippen MR) is 63.9 cm³/mol. The minimum Gasteiger partial charge on any atom is -0.445 e. The lowest BCUT2D eigenvalue weighted by atomic mass is 10.1. The molecule has 1 fully saturated rings. The number of ether oxygens (including phenoxy) is 1. The number of likely N-dealkylation sites (N-methyl/N-ethyl adjacent to an activating group) is 1. The Kier molecular flexibility index (Phi) is 5.93. The highest BCUT2D eigenvalue weighted by Crippen LogP contribution is 2.12. The molecular weight excluding hydrogens is 222 g/mol. The molecule has 0 aliphatic carbocycles. The van der Waals surface area contributed by atoms with E-state index in [4.69, 9.17) is 4.74 Å². The molecule has 0 aromatic carbocycles. The van der Waals surface area contributed by atoms with Gasteiger partial charge in [0.15, 0.2) is 0 Å². The van der Waals surface area contributed by atoms with Crippen molar-refractivity contribution < 1.29 is 14.3 Å². The molecule has 6 nitrogen and oxygen atoms in total. The smallest absolute Gasteiger partial charge is 0.407 e. The van der Waals surface area contributed by atoms with Crippen molar-refractivity contribution in [2.45, 2.75) is 31.9 Å². The van der Waals surface area contributed by atoms with E-state index in [2.05, 4.69) is 16.0 Å². The highest BCUT2D eigenvalue weighted by molar-refractivity contribution is 5.84. The molecule has 0 bridgehead atoms. The number of rotatable bonds is 6. The molecule has 0 spiro atoms. The summed E-state index contributed by atoms with van der Waals surface area (Å²) in [5, 5.41) is 8.61. The van der Waals surface area contributed by atoms with Crippen molar-refractivity contribution in [3.8, 4) is 0 Å². The summed E-state index contributed by atoms with van der Waals surface area (Å²) < 4.78 is 5.19. The Morgan fingerprint density at radius 1 is 1.41 bits per heavy atom. The Balaban J connectivity index is 2.21. The Bertz CT molecular complexity index is 271. The summed E-state index contributed by atoms with van der Waals surface area (Å²) in [7, 11) is 1.81. The van der Waals surface area contributed by atoms with Gasteiger partial charge in [-0.1, -0.05) is 6.92 Å². The average Bonchev–Trinajstić information content (AvgIpc) is 2.77. The van der Waals surface area contributed by atoms with Crippen molar-refractivity contribution in [3.63, 3.8) is 0 Å². The van der Waals surface area contributed by atoms with Gasteiger partial charge >= 0.3 is 6.09 Å². The molecular formula is C11H21N3O3. The molecule has 1 aliphatic heterocycles. The summed E-state index contributed by atoms with van der Waals surface area (Å²) in [6.07, 6.45) is 0.465. The molecule has 1 rings (SSSR count). The number of hydrogen-bond donors (Lipinski definition) is 3. The number of alkyl carbamates (subject to hydrolysis) is 1. The first-order valence-electron chi connectivity index (χ1n) is 6.02. The van der Waals surface area contributed by atoms with Gasteiger partial charge in [-0.2, -0.15) is 0 Å². The van der Waals surface area contributed by atoms with Crippen LogP contribution < -0.4 is 16.0 Å². The Morgan fingerprint density at radius 3 is 2.82 bits per heavy atom. The van der Waals surface area contributed by atoms with Crippen LogP contribution in [0.3, 0.4) is 0 Å². The van der Waals surface area contributed by atoms with E-state index >= 15 is 0 Å². The lowest BCUT2D eigenvalue weighted by molar-refractivity contribution is -0.120. The molecule has 2 atom stereocenters. The molecule has 1 aliphatic rings. The third-order valence-electron chi connectivity index (χ3n) is 2.75. The topological polar surface area (TPSA) is 79.5 Å². The number of ketones is 1. The summed E-state index contributed by atoms with van der Waals surface area (Å²) in [6, 6.07) is -0.157. The molecule has 0 unspecified atom stereocenters. The first-order valence-corrected chi connectivity index (χ1v) is 6.02. The molecule has 0 aromatic rings. The maximum absolute atomic E-state index is 11.4. The second kappa shape index (κ2) is 7.24.